The van der Waals surface area contributed by atoms with E-state index in [0.717, 1.165) is 26.7 Å². The highest BCUT2D eigenvalue weighted by atomic mass is 79.9. The van der Waals surface area contributed by atoms with Gasteiger partial charge in [-0.15, -0.1) is 0 Å². The second kappa shape index (κ2) is 13.3. The van der Waals surface area contributed by atoms with Crippen LogP contribution in [0.2, 0.25) is 0 Å². The average molecular weight is 552 g/mol. The van der Waals surface area contributed by atoms with E-state index in [4.69, 9.17) is 4.74 Å². The molecule has 0 saturated carbocycles. The van der Waals surface area contributed by atoms with Gasteiger partial charge in [0.05, 0.1) is 0 Å². The SMILES string of the molecule is Cc1ccc(OCC(=O)N(Cc2cccc(Br)c2)[C@@H](Cc2ccccc2)C(=O)NCC(C)C)c(C)c1. The number of hydrogen-bond donors (Lipinski definition) is 1. The van der Waals surface area contributed by atoms with E-state index in [9.17, 15) is 9.59 Å². The fraction of sp³-hybridized carbons (Fsp3) is 0.333. The van der Waals surface area contributed by atoms with Crippen LogP contribution >= 0.6 is 15.9 Å². The molecule has 2 amide bonds. The van der Waals surface area contributed by atoms with Gasteiger partial charge in [-0.05, 0) is 54.7 Å². The minimum atomic E-state index is -0.680. The number of ether oxygens (including phenoxy) is 1. The molecule has 36 heavy (non-hydrogen) atoms. The highest BCUT2D eigenvalue weighted by Crippen LogP contribution is 2.21. The first-order valence-corrected chi connectivity index (χ1v) is 13.1. The van der Waals surface area contributed by atoms with Gasteiger partial charge >= 0.3 is 0 Å². The van der Waals surface area contributed by atoms with Gasteiger partial charge in [0.25, 0.3) is 5.91 Å². The molecule has 3 aromatic rings. The lowest BCUT2D eigenvalue weighted by Gasteiger charge is -2.32. The summed E-state index contributed by atoms with van der Waals surface area (Å²) in [7, 11) is 0. The number of benzene rings is 3. The Morgan fingerprint density at radius 1 is 0.944 bits per heavy atom. The molecule has 1 N–H and O–H groups in total. The molecule has 190 valence electrons. The molecule has 0 fully saturated rings. The van der Waals surface area contributed by atoms with E-state index >= 15 is 0 Å². The van der Waals surface area contributed by atoms with Crippen LogP contribution in [0.1, 0.15) is 36.1 Å². The van der Waals surface area contributed by atoms with Crippen molar-refractivity contribution >= 4 is 27.7 Å². The van der Waals surface area contributed by atoms with Crippen molar-refractivity contribution in [3.05, 3.63) is 99.5 Å². The smallest absolute Gasteiger partial charge is 0.261 e. The van der Waals surface area contributed by atoms with Gasteiger partial charge in [-0.3, -0.25) is 9.59 Å². The Balaban J connectivity index is 1.91. The van der Waals surface area contributed by atoms with Crippen LogP contribution in [-0.4, -0.2) is 35.9 Å². The lowest BCUT2D eigenvalue weighted by Crippen LogP contribution is -2.52. The number of nitrogens with one attached hydrogen (secondary N) is 1. The van der Waals surface area contributed by atoms with Gasteiger partial charge in [0.2, 0.25) is 5.91 Å². The van der Waals surface area contributed by atoms with Crippen LogP contribution in [0, 0.1) is 19.8 Å². The van der Waals surface area contributed by atoms with E-state index in [1.807, 2.05) is 86.6 Å². The van der Waals surface area contributed by atoms with Crippen molar-refractivity contribution in [2.75, 3.05) is 13.2 Å². The molecule has 0 heterocycles. The lowest BCUT2D eigenvalue weighted by atomic mass is 10.0. The van der Waals surface area contributed by atoms with Crippen LogP contribution < -0.4 is 10.1 Å². The number of nitrogens with zero attached hydrogens (tertiary/aromatic N) is 1. The van der Waals surface area contributed by atoms with E-state index in [-0.39, 0.29) is 18.4 Å². The van der Waals surface area contributed by atoms with Crippen LogP contribution in [0.3, 0.4) is 0 Å². The second-order valence-corrected chi connectivity index (χ2v) is 10.5. The van der Waals surface area contributed by atoms with Crippen molar-refractivity contribution in [1.82, 2.24) is 10.2 Å². The summed E-state index contributed by atoms with van der Waals surface area (Å²) in [6.45, 7) is 8.77. The molecule has 0 aliphatic heterocycles. The summed E-state index contributed by atoms with van der Waals surface area (Å²) in [5.74, 6) is 0.562. The minimum absolute atomic E-state index is 0.152. The summed E-state index contributed by atoms with van der Waals surface area (Å²) in [5, 5.41) is 3.04. The molecule has 0 saturated heterocycles. The van der Waals surface area contributed by atoms with Gasteiger partial charge in [0.15, 0.2) is 6.61 Å². The maximum Gasteiger partial charge on any atom is 0.261 e. The van der Waals surface area contributed by atoms with E-state index in [0.29, 0.717) is 31.2 Å². The van der Waals surface area contributed by atoms with Crippen LogP contribution in [0.25, 0.3) is 0 Å². The monoisotopic (exact) mass is 550 g/mol. The Bertz CT molecular complexity index is 1160. The first-order valence-electron chi connectivity index (χ1n) is 12.3. The quantitative estimate of drug-likeness (QED) is 0.325. The zero-order chi connectivity index (χ0) is 26.1. The third kappa shape index (κ3) is 8.23. The molecule has 1 atom stereocenters. The Morgan fingerprint density at radius 3 is 2.33 bits per heavy atom. The van der Waals surface area contributed by atoms with Crippen molar-refractivity contribution < 1.29 is 14.3 Å². The summed E-state index contributed by atoms with van der Waals surface area (Å²) in [5.41, 5.74) is 4.02. The predicted molar refractivity (Wildman–Crippen MR) is 148 cm³/mol. The lowest BCUT2D eigenvalue weighted by molar-refractivity contribution is -0.142. The largest absolute Gasteiger partial charge is 0.483 e. The molecule has 3 aromatic carbocycles. The molecule has 3 rings (SSSR count). The third-order valence-electron chi connectivity index (χ3n) is 5.88. The molecule has 0 radical (unpaired) electrons. The van der Waals surface area contributed by atoms with Crippen molar-refractivity contribution in [1.29, 1.82) is 0 Å². The molecule has 0 aliphatic carbocycles. The average Bonchev–Trinajstić information content (AvgIpc) is 2.84. The Morgan fingerprint density at radius 2 is 1.67 bits per heavy atom. The first-order chi connectivity index (χ1) is 17.2. The fourth-order valence-electron chi connectivity index (χ4n) is 3.99. The number of carbonyl (C=O) groups excluding carboxylic acids is 2. The van der Waals surface area contributed by atoms with Crippen molar-refractivity contribution in [3.63, 3.8) is 0 Å². The zero-order valence-electron chi connectivity index (χ0n) is 21.5. The number of halogens is 1. The van der Waals surface area contributed by atoms with E-state index < -0.39 is 6.04 Å². The fourth-order valence-corrected chi connectivity index (χ4v) is 4.44. The molecule has 5 nitrogen and oxygen atoms in total. The van der Waals surface area contributed by atoms with Gasteiger partial charge in [-0.1, -0.05) is 89.9 Å². The van der Waals surface area contributed by atoms with Crippen molar-refractivity contribution in [3.8, 4) is 5.75 Å². The van der Waals surface area contributed by atoms with E-state index in [2.05, 4.69) is 35.1 Å². The summed E-state index contributed by atoms with van der Waals surface area (Å²) in [6.07, 6.45) is 0.411. The van der Waals surface area contributed by atoms with Crippen molar-refractivity contribution in [2.24, 2.45) is 5.92 Å². The summed E-state index contributed by atoms with van der Waals surface area (Å²) in [6, 6.07) is 22.8. The zero-order valence-corrected chi connectivity index (χ0v) is 23.0. The van der Waals surface area contributed by atoms with Crippen LogP contribution in [-0.2, 0) is 22.6 Å². The predicted octanol–water partition coefficient (Wildman–Crippen LogP) is 5.86. The first kappa shape index (κ1) is 27.5. The molecule has 0 aromatic heterocycles. The molecular formula is C30H35BrN2O3. The third-order valence-corrected chi connectivity index (χ3v) is 6.37. The summed E-state index contributed by atoms with van der Waals surface area (Å²) < 4.78 is 6.86. The Labute approximate surface area is 223 Å². The van der Waals surface area contributed by atoms with Gasteiger partial charge in [-0.25, -0.2) is 0 Å². The minimum Gasteiger partial charge on any atom is -0.483 e. The topological polar surface area (TPSA) is 58.6 Å². The van der Waals surface area contributed by atoms with E-state index in [1.165, 1.54) is 0 Å². The molecule has 0 unspecified atom stereocenters. The second-order valence-electron chi connectivity index (χ2n) is 9.55. The molecule has 0 bridgehead atoms. The van der Waals surface area contributed by atoms with Gasteiger partial charge in [-0.2, -0.15) is 0 Å². The van der Waals surface area contributed by atoms with Crippen LogP contribution in [0.15, 0.2) is 77.3 Å². The standard InChI is InChI=1S/C30H35BrN2O3/c1-21(2)18-32-30(35)27(17-24-9-6-5-7-10-24)33(19-25-11-8-12-26(31)16-25)29(34)20-36-28-14-13-22(3)15-23(28)4/h5-16,21,27H,17-20H2,1-4H3,(H,32,35)/t27-/m0/s1. The summed E-state index contributed by atoms with van der Waals surface area (Å²) in [4.78, 5) is 28.8. The summed E-state index contributed by atoms with van der Waals surface area (Å²) >= 11 is 3.52. The maximum atomic E-state index is 13.7. The Kier molecular flexibility index (Phi) is 10.1. The van der Waals surface area contributed by atoms with Crippen LogP contribution in [0.4, 0.5) is 0 Å². The van der Waals surface area contributed by atoms with Gasteiger partial charge in [0, 0.05) is 24.0 Å². The van der Waals surface area contributed by atoms with Crippen molar-refractivity contribution in [2.45, 2.75) is 46.7 Å². The van der Waals surface area contributed by atoms with Crippen LogP contribution in [0.5, 0.6) is 5.75 Å². The van der Waals surface area contributed by atoms with Gasteiger partial charge < -0.3 is 15.0 Å². The van der Waals surface area contributed by atoms with Gasteiger partial charge in [0.1, 0.15) is 11.8 Å². The molecular weight excluding hydrogens is 516 g/mol. The molecule has 0 aliphatic rings. The Hall–Kier alpha value is -3.12. The molecule has 6 heteroatoms. The molecule has 0 spiro atoms. The number of carbonyl (C=O) groups is 2. The number of hydrogen-bond acceptors (Lipinski definition) is 3. The maximum absolute atomic E-state index is 13.7. The highest BCUT2D eigenvalue weighted by molar-refractivity contribution is 9.10. The number of rotatable bonds is 11. The number of aryl methyl sites for hydroxylation is 2. The highest BCUT2D eigenvalue weighted by Gasteiger charge is 2.30. The van der Waals surface area contributed by atoms with E-state index in [1.54, 1.807) is 4.90 Å². The normalized spacial score (nSPS) is 11.7. The number of amides is 2.